The van der Waals surface area contributed by atoms with Crippen molar-refractivity contribution < 1.29 is 26.4 Å². The molecule has 1 N–H and O–H groups in total. The molecule has 6 nitrogen and oxygen atoms in total. The van der Waals surface area contributed by atoms with Gasteiger partial charge >= 0.3 is 0 Å². The average Bonchev–Trinajstić information content (AvgIpc) is 3.22. The summed E-state index contributed by atoms with van der Waals surface area (Å²) in [4.78, 5) is 10.9. The SMILES string of the molecule is CNC(=O)c1ccc(CN(Cc2ccco2)S(=O)(=O)c2cc(F)ccc2F)cc1. The van der Waals surface area contributed by atoms with Crippen molar-refractivity contribution in [2.75, 3.05) is 7.05 Å². The molecule has 3 rings (SSSR count). The number of halogens is 2. The first-order chi connectivity index (χ1) is 13.8. The fourth-order valence-electron chi connectivity index (χ4n) is 2.73. The van der Waals surface area contributed by atoms with Gasteiger partial charge in [0.2, 0.25) is 10.0 Å². The molecular formula is C20H18F2N2O4S. The van der Waals surface area contributed by atoms with E-state index in [-0.39, 0.29) is 19.0 Å². The molecule has 0 fully saturated rings. The summed E-state index contributed by atoms with van der Waals surface area (Å²) in [6.45, 7) is -0.310. The van der Waals surface area contributed by atoms with E-state index in [1.54, 1.807) is 36.4 Å². The van der Waals surface area contributed by atoms with Crippen LogP contribution in [-0.4, -0.2) is 25.7 Å². The number of nitrogens with one attached hydrogen (secondary N) is 1. The van der Waals surface area contributed by atoms with Crippen molar-refractivity contribution in [3.05, 3.63) is 89.4 Å². The van der Waals surface area contributed by atoms with Crippen LogP contribution in [0.5, 0.6) is 0 Å². The van der Waals surface area contributed by atoms with Gasteiger partial charge in [-0.1, -0.05) is 12.1 Å². The molecule has 29 heavy (non-hydrogen) atoms. The number of furan rings is 1. The first-order valence-corrected chi connectivity index (χ1v) is 10.0. The Morgan fingerprint density at radius 2 is 1.79 bits per heavy atom. The monoisotopic (exact) mass is 420 g/mol. The molecule has 152 valence electrons. The third kappa shape index (κ3) is 4.69. The van der Waals surface area contributed by atoms with Crippen LogP contribution in [0.25, 0.3) is 0 Å². The molecule has 1 heterocycles. The third-order valence-corrected chi connectivity index (χ3v) is 6.03. The van der Waals surface area contributed by atoms with Gasteiger partial charge in [0, 0.05) is 19.2 Å². The third-order valence-electron chi connectivity index (χ3n) is 4.23. The number of nitrogens with zero attached hydrogens (tertiary/aromatic N) is 1. The zero-order valence-corrected chi connectivity index (χ0v) is 16.2. The van der Waals surface area contributed by atoms with Crippen LogP contribution in [-0.2, 0) is 23.1 Å². The highest BCUT2D eigenvalue weighted by Crippen LogP contribution is 2.24. The number of benzene rings is 2. The van der Waals surface area contributed by atoms with Gasteiger partial charge in [0.05, 0.1) is 12.8 Å². The topological polar surface area (TPSA) is 79.6 Å². The smallest absolute Gasteiger partial charge is 0.251 e. The summed E-state index contributed by atoms with van der Waals surface area (Å²) in [7, 11) is -2.88. The summed E-state index contributed by atoms with van der Waals surface area (Å²) in [5, 5.41) is 2.49. The lowest BCUT2D eigenvalue weighted by molar-refractivity contribution is 0.0963. The zero-order chi connectivity index (χ0) is 21.0. The molecule has 0 bridgehead atoms. The van der Waals surface area contributed by atoms with Crippen molar-refractivity contribution in [2.24, 2.45) is 0 Å². The number of amides is 1. The van der Waals surface area contributed by atoms with Gasteiger partial charge in [-0.3, -0.25) is 4.79 Å². The molecule has 1 amide bonds. The van der Waals surface area contributed by atoms with Gasteiger partial charge in [0.25, 0.3) is 5.91 Å². The molecule has 1 aromatic heterocycles. The maximum absolute atomic E-state index is 14.2. The maximum Gasteiger partial charge on any atom is 0.251 e. The van der Waals surface area contributed by atoms with Crippen molar-refractivity contribution >= 4 is 15.9 Å². The van der Waals surface area contributed by atoms with E-state index in [1.807, 2.05) is 0 Å². The summed E-state index contributed by atoms with van der Waals surface area (Å²) in [6.07, 6.45) is 1.39. The Hall–Kier alpha value is -3.04. The van der Waals surface area contributed by atoms with Gasteiger partial charge in [-0.05, 0) is 48.0 Å². The lowest BCUT2D eigenvalue weighted by atomic mass is 10.1. The fourth-order valence-corrected chi connectivity index (χ4v) is 4.20. The van der Waals surface area contributed by atoms with Gasteiger partial charge in [-0.15, -0.1) is 0 Å². The number of sulfonamides is 1. The fraction of sp³-hybridized carbons (Fsp3) is 0.150. The molecule has 9 heteroatoms. The highest BCUT2D eigenvalue weighted by Gasteiger charge is 2.29. The predicted octanol–water partition coefficient (Wildman–Crippen LogP) is 3.31. The minimum atomic E-state index is -4.38. The average molecular weight is 420 g/mol. The lowest BCUT2D eigenvalue weighted by Crippen LogP contribution is -2.31. The zero-order valence-electron chi connectivity index (χ0n) is 15.4. The standard InChI is InChI=1S/C20H18F2N2O4S/c1-23-20(25)15-6-4-14(5-7-15)12-24(13-17-3-2-10-28-17)29(26,27)19-11-16(21)8-9-18(19)22/h2-11H,12-13H2,1H3,(H,23,25). The molecule has 3 aromatic rings. The second kappa shape index (κ2) is 8.54. The van der Waals surface area contributed by atoms with E-state index >= 15 is 0 Å². The highest BCUT2D eigenvalue weighted by molar-refractivity contribution is 7.89. The van der Waals surface area contributed by atoms with Crippen molar-refractivity contribution in [2.45, 2.75) is 18.0 Å². The minimum Gasteiger partial charge on any atom is -0.468 e. The molecule has 0 saturated heterocycles. The van der Waals surface area contributed by atoms with Gasteiger partial charge in [-0.25, -0.2) is 17.2 Å². The van der Waals surface area contributed by atoms with Crippen molar-refractivity contribution in [1.29, 1.82) is 0 Å². The van der Waals surface area contributed by atoms with Crippen molar-refractivity contribution in [1.82, 2.24) is 9.62 Å². The number of hydrogen-bond acceptors (Lipinski definition) is 4. The molecule has 0 spiro atoms. The quantitative estimate of drug-likeness (QED) is 0.636. The molecule has 0 aliphatic carbocycles. The van der Waals surface area contributed by atoms with Gasteiger partial charge in [-0.2, -0.15) is 4.31 Å². The van der Waals surface area contributed by atoms with Crippen LogP contribution in [0.3, 0.4) is 0 Å². The van der Waals surface area contributed by atoms with E-state index in [0.717, 1.165) is 16.4 Å². The largest absolute Gasteiger partial charge is 0.468 e. The van der Waals surface area contributed by atoms with Crippen LogP contribution < -0.4 is 5.32 Å². The number of carbonyl (C=O) groups is 1. The van der Waals surface area contributed by atoms with E-state index in [9.17, 15) is 22.0 Å². The van der Waals surface area contributed by atoms with E-state index in [4.69, 9.17) is 4.42 Å². The molecule has 0 unspecified atom stereocenters. The normalized spacial score (nSPS) is 11.6. The Bertz CT molecular complexity index is 1100. The van der Waals surface area contributed by atoms with Crippen LogP contribution in [0.1, 0.15) is 21.7 Å². The molecule has 0 aliphatic heterocycles. The van der Waals surface area contributed by atoms with Crippen LogP contribution >= 0.6 is 0 Å². The minimum absolute atomic E-state index is 0.132. The number of carbonyl (C=O) groups excluding carboxylic acids is 1. The van der Waals surface area contributed by atoms with Gasteiger partial charge in [0.1, 0.15) is 22.3 Å². The van der Waals surface area contributed by atoms with Crippen LogP contribution in [0.15, 0.2) is 70.2 Å². The highest BCUT2D eigenvalue weighted by atomic mass is 32.2. The van der Waals surface area contributed by atoms with Crippen molar-refractivity contribution in [3.63, 3.8) is 0 Å². The summed E-state index contributed by atoms with van der Waals surface area (Å²) in [6, 6.07) is 11.7. The molecule has 0 atom stereocenters. The summed E-state index contributed by atoms with van der Waals surface area (Å²) in [5.74, 6) is -1.85. The van der Waals surface area contributed by atoms with E-state index < -0.39 is 26.6 Å². The maximum atomic E-state index is 14.2. The Labute approximate surface area is 166 Å². The van der Waals surface area contributed by atoms with Gasteiger partial charge in [0.15, 0.2) is 0 Å². The second-order valence-corrected chi connectivity index (χ2v) is 8.11. The number of rotatable bonds is 7. The van der Waals surface area contributed by atoms with E-state index in [1.165, 1.54) is 13.3 Å². The number of hydrogen-bond donors (Lipinski definition) is 1. The summed E-state index contributed by atoms with van der Waals surface area (Å²) in [5.41, 5.74) is 0.970. The first kappa shape index (κ1) is 20.7. The van der Waals surface area contributed by atoms with Crippen LogP contribution in [0.2, 0.25) is 0 Å². The molecular weight excluding hydrogens is 402 g/mol. The second-order valence-electron chi connectivity index (χ2n) is 6.20. The Balaban J connectivity index is 1.96. The van der Waals surface area contributed by atoms with Gasteiger partial charge < -0.3 is 9.73 Å². The van der Waals surface area contributed by atoms with Crippen LogP contribution in [0.4, 0.5) is 8.78 Å². The Morgan fingerprint density at radius 3 is 2.41 bits per heavy atom. The Kier molecular flexibility index (Phi) is 6.09. The lowest BCUT2D eigenvalue weighted by Gasteiger charge is -2.22. The molecule has 2 aromatic carbocycles. The van der Waals surface area contributed by atoms with Crippen LogP contribution in [0, 0.1) is 11.6 Å². The summed E-state index contributed by atoms with van der Waals surface area (Å²) < 4.78 is 60.1. The van der Waals surface area contributed by atoms with Crippen molar-refractivity contribution in [3.8, 4) is 0 Å². The molecule has 0 radical (unpaired) electrons. The first-order valence-electron chi connectivity index (χ1n) is 8.60. The Morgan fingerprint density at radius 1 is 1.07 bits per heavy atom. The molecule has 0 saturated carbocycles. The van der Waals surface area contributed by atoms with E-state index in [0.29, 0.717) is 23.0 Å². The van der Waals surface area contributed by atoms with E-state index in [2.05, 4.69) is 5.32 Å². The molecule has 0 aliphatic rings. The summed E-state index contributed by atoms with van der Waals surface area (Å²) >= 11 is 0. The predicted molar refractivity (Wildman–Crippen MR) is 101 cm³/mol.